The number of oxazole rings is 1. The summed E-state index contributed by atoms with van der Waals surface area (Å²) in [7, 11) is 0. The summed E-state index contributed by atoms with van der Waals surface area (Å²) in [5.41, 5.74) is 0.720. The van der Waals surface area contributed by atoms with E-state index in [1.807, 2.05) is 6.07 Å². The fourth-order valence-electron chi connectivity index (χ4n) is 2.45. The Morgan fingerprint density at radius 2 is 2.23 bits per heavy atom. The lowest BCUT2D eigenvalue weighted by molar-refractivity contribution is 0.151. The number of aromatic nitrogens is 1. The molecule has 1 aromatic carbocycles. The van der Waals surface area contributed by atoms with Crippen molar-refractivity contribution in [2.24, 2.45) is 0 Å². The number of hydrogen-bond acceptors (Lipinski definition) is 4. The Labute approximate surface area is 141 Å². The summed E-state index contributed by atoms with van der Waals surface area (Å²) in [5, 5.41) is 3.35. The van der Waals surface area contributed by atoms with Crippen molar-refractivity contribution in [3.63, 3.8) is 0 Å². The third kappa shape index (κ3) is 4.43. The third-order valence-electron chi connectivity index (χ3n) is 3.64. The number of nitrogens with one attached hydrogen (secondary N) is 1. The van der Waals surface area contributed by atoms with Crippen LogP contribution in [0.4, 0.5) is 4.39 Å². The van der Waals surface area contributed by atoms with Crippen molar-refractivity contribution in [1.29, 1.82) is 0 Å². The molecule has 1 aliphatic heterocycles. The quantitative estimate of drug-likeness (QED) is 0.926. The van der Waals surface area contributed by atoms with E-state index in [-0.39, 0.29) is 30.6 Å². The van der Waals surface area contributed by atoms with E-state index in [0.717, 1.165) is 25.2 Å². The average Bonchev–Trinajstić information content (AvgIpc) is 2.90. The van der Waals surface area contributed by atoms with Crippen molar-refractivity contribution in [2.45, 2.75) is 19.5 Å². The highest BCUT2D eigenvalue weighted by molar-refractivity contribution is 5.85. The predicted octanol–water partition coefficient (Wildman–Crippen LogP) is 3.12. The lowest BCUT2D eigenvalue weighted by Crippen LogP contribution is -2.49. The number of halogens is 3. The molecule has 122 valence electrons. The van der Waals surface area contributed by atoms with Gasteiger partial charge >= 0.3 is 0 Å². The zero-order valence-electron chi connectivity index (χ0n) is 12.3. The van der Waals surface area contributed by atoms with E-state index >= 15 is 0 Å². The molecule has 0 saturated carbocycles. The highest BCUT2D eigenvalue weighted by Gasteiger charge is 2.20. The molecular formula is C15H20Cl2FN3O. The van der Waals surface area contributed by atoms with Gasteiger partial charge in [0.15, 0.2) is 5.76 Å². The Hall–Kier alpha value is -1.14. The highest BCUT2D eigenvalue weighted by Crippen LogP contribution is 2.22. The van der Waals surface area contributed by atoms with Crippen molar-refractivity contribution in [3.05, 3.63) is 42.2 Å². The van der Waals surface area contributed by atoms with Crippen LogP contribution in [0.2, 0.25) is 0 Å². The normalized spacial score (nSPS) is 18.4. The lowest BCUT2D eigenvalue weighted by atomic mass is 10.2. The van der Waals surface area contributed by atoms with Gasteiger partial charge in [-0.2, -0.15) is 0 Å². The van der Waals surface area contributed by atoms with Crippen LogP contribution >= 0.6 is 24.8 Å². The third-order valence-corrected chi connectivity index (χ3v) is 3.64. The van der Waals surface area contributed by atoms with Crippen molar-refractivity contribution >= 4 is 24.8 Å². The fourth-order valence-corrected chi connectivity index (χ4v) is 2.45. The summed E-state index contributed by atoms with van der Waals surface area (Å²) in [4.78, 5) is 6.63. The Morgan fingerprint density at radius 3 is 2.95 bits per heavy atom. The van der Waals surface area contributed by atoms with E-state index in [1.165, 1.54) is 12.1 Å². The minimum Gasteiger partial charge on any atom is -0.439 e. The average molecular weight is 348 g/mol. The van der Waals surface area contributed by atoms with Gasteiger partial charge in [-0.1, -0.05) is 12.1 Å². The molecule has 0 aliphatic carbocycles. The van der Waals surface area contributed by atoms with Crippen molar-refractivity contribution < 1.29 is 8.81 Å². The Bertz CT molecular complexity index is 594. The van der Waals surface area contributed by atoms with Crippen LogP contribution in [0.3, 0.4) is 0 Å². The number of piperazine rings is 1. The topological polar surface area (TPSA) is 41.3 Å². The lowest BCUT2D eigenvalue weighted by Gasteiger charge is -2.32. The molecule has 0 spiro atoms. The molecular weight excluding hydrogens is 328 g/mol. The summed E-state index contributed by atoms with van der Waals surface area (Å²) in [6.07, 6.45) is 1.66. The van der Waals surface area contributed by atoms with E-state index in [0.29, 0.717) is 24.2 Å². The second kappa shape index (κ2) is 8.48. The van der Waals surface area contributed by atoms with Gasteiger partial charge in [0.05, 0.1) is 12.7 Å². The first-order chi connectivity index (χ1) is 9.72. The SMILES string of the molecule is C[C@H]1CNCCN1Cc1ncc(-c2cccc(F)c2)o1.Cl.Cl. The van der Waals surface area contributed by atoms with Crippen LogP contribution < -0.4 is 5.32 Å². The van der Waals surface area contributed by atoms with Gasteiger partial charge in [0, 0.05) is 31.2 Å². The molecule has 0 radical (unpaired) electrons. The second-order valence-corrected chi connectivity index (χ2v) is 5.15. The van der Waals surface area contributed by atoms with E-state index in [1.54, 1.807) is 12.3 Å². The van der Waals surface area contributed by atoms with Crippen LogP contribution in [0.1, 0.15) is 12.8 Å². The highest BCUT2D eigenvalue weighted by atomic mass is 35.5. The molecule has 1 N–H and O–H groups in total. The first kappa shape index (κ1) is 18.9. The van der Waals surface area contributed by atoms with Crippen LogP contribution in [-0.4, -0.2) is 35.6 Å². The molecule has 1 atom stereocenters. The van der Waals surface area contributed by atoms with Gasteiger partial charge in [-0.05, 0) is 19.1 Å². The molecule has 0 unspecified atom stereocenters. The van der Waals surface area contributed by atoms with Gasteiger partial charge in [-0.25, -0.2) is 9.37 Å². The predicted molar refractivity (Wildman–Crippen MR) is 89.1 cm³/mol. The fraction of sp³-hybridized carbons (Fsp3) is 0.400. The maximum Gasteiger partial charge on any atom is 0.209 e. The van der Waals surface area contributed by atoms with Crippen LogP contribution in [-0.2, 0) is 6.54 Å². The Balaban J connectivity index is 0.00000121. The Kier molecular flexibility index (Phi) is 7.29. The minimum atomic E-state index is -0.267. The zero-order chi connectivity index (χ0) is 13.9. The molecule has 7 heteroatoms. The van der Waals surface area contributed by atoms with Crippen LogP contribution in [0.5, 0.6) is 0 Å². The minimum absolute atomic E-state index is 0. The summed E-state index contributed by atoms with van der Waals surface area (Å²) in [6, 6.07) is 6.83. The molecule has 1 aromatic heterocycles. The standard InChI is InChI=1S/C15H18FN3O.2ClH/c1-11-8-17-5-6-19(11)10-15-18-9-14(20-15)12-3-2-4-13(16)7-12;;/h2-4,7,9,11,17H,5-6,8,10H2,1H3;2*1H/t11-;;/m0../s1. The Morgan fingerprint density at radius 1 is 1.41 bits per heavy atom. The number of rotatable bonds is 3. The smallest absolute Gasteiger partial charge is 0.209 e. The number of benzene rings is 1. The summed E-state index contributed by atoms with van der Waals surface area (Å²) in [5.74, 6) is 1.02. The van der Waals surface area contributed by atoms with Crippen LogP contribution in [0.25, 0.3) is 11.3 Å². The molecule has 0 bridgehead atoms. The first-order valence-electron chi connectivity index (χ1n) is 6.88. The monoisotopic (exact) mass is 347 g/mol. The maximum absolute atomic E-state index is 13.2. The molecule has 22 heavy (non-hydrogen) atoms. The molecule has 4 nitrogen and oxygen atoms in total. The van der Waals surface area contributed by atoms with E-state index < -0.39 is 0 Å². The van der Waals surface area contributed by atoms with Gasteiger partial charge in [0.2, 0.25) is 5.89 Å². The van der Waals surface area contributed by atoms with Gasteiger partial charge < -0.3 is 9.73 Å². The summed E-state index contributed by atoms with van der Waals surface area (Å²) < 4.78 is 18.9. The molecule has 1 fully saturated rings. The van der Waals surface area contributed by atoms with E-state index in [9.17, 15) is 4.39 Å². The molecule has 1 saturated heterocycles. The number of nitrogens with zero attached hydrogens (tertiary/aromatic N) is 2. The largest absolute Gasteiger partial charge is 0.439 e. The van der Waals surface area contributed by atoms with Crippen molar-refractivity contribution in [1.82, 2.24) is 15.2 Å². The van der Waals surface area contributed by atoms with Crippen molar-refractivity contribution in [3.8, 4) is 11.3 Å². The summed E-state index contributed by atoms with van der Waals surface area (Å²) >= 11 is 0. The van der Waals surface area contributed by atoms with Gasteiger partial charge in [-0.15, -0.1) is 24.8 Å². The number of hydrogen-bond donors (Lipinski definition) is 1. The van der Waals surface area contributed by atoms with Crippen LogP contribution in [0, 0.1) is 5.82 Å². The first-order valence-corrected chi connectivity index (χ1v) is 6.88. The summed E-state index contributed by atoms with van der Waals surface area (Å²) in [6.45, 7) is 5.83. The van der Waals surface area contributed by atoms with Crippen molar-refractivity contribution in [2.75, 3.05) is 19.6 Å². The maximum atomic E-state index is 13.2. The van der Waals surface area contributed by atoms with Gasteiger partial charge in [0.25, 0.3) is 0 Å². The van der Waals surface area contributed by atoms with E-state index in [2.05, 4.69) is 22.1 Å². The molecule has 3 rings (SSSR count). The second-order valence-electron chi connectivity index (χ2n) is 5.15. The molecule has 0 amide bonds. The van der Waals surface area contributed by atoms with Gasteiger partial charge in [-0.3, -0.25) is 4.90 Å². The zero-order valence-corrected chi connectivity index (χ0v) is 13.9. The van der Waals surface area contributed by atoms with Gasteiger partial charge in [0.1, 0.15) is 5.82 Å². The van der Waals surface area contributed by atoms with Crippen LogP contribution in [0.15, 0.2) is 34.9 Å². The molecule has 2 aromatic rings. The van der Waals surface area contributed by atoms with E-state index in [4.69, 9.17) is 4.42 Å². The molecule has 1 aliphatic rings. The molecule has 2 heterocycles.